The summed E-state index contributed by atoms with van der Waals surface area (Å²) in [4.78, 5) is 4.37. The number of hydrogen-bond donors (Lipinski definition) is 3. The molecule has 5 aliphatic rings. The second kappa shape index (κ2) is 4.37. The van der Waals surface area contributed by atoms with Crippen LogP contribution < -0.4 is 10.6 Å². The van der Waals surface area contributed by atoms with E-state index in [4.69, 9.17) is 0 Å². The summed E-state index contributed by atoms with van der Waals surface area (Å²) in [5, 5.41) is 16.1. The summed E-state index contributed by atoms with van der Waals surface area (Å²) in [6, 6.07) is 0. The van der Waals surface area contributed by atoms with E-state index in [9.17, 15) is 5.11 Å². The first kappa shape index (κ1) is 12.0. The van der Waals surface area contributed by atoms with Gasteiger partial charge in [0, 0.05) is 13.1 Å². The fourth-order valence-electron chi connectivity index (χ4n) is 5.43. The van der Waals surface area contributed by atoms with Crippen molar-refractivity contribution < 1.29 is 5.11 Å². The van der Waals surface area contributed by atoms with Crippen molar-refractivity contribution in [3.05, 3.63) is 0 Å². The van der Waals surface area contributed by atoms with E-state index in [2.05, 4.69) is 15.6 Å². The molecule has 0 saturated heterocycles. The summed E-state index contributed by atoms with van der Waals surface area (Å²) < 4.78 is 0. The molecule has 0 aromatic carbocycles. The fraction of sp³-hybridized carbons (Fsp3) is 0.933. The Morgan fingerprint density at radius 3 is 2.32 bits per heavy atom. The molecule has 4 bridgehead atoms. The number of aliphatic hydroxyl groups excluding tert-OH is 1. The van der Waals surface area contributed by atoms with Crippen molar-refractivity contribution in [1.29, 1.82) is 0 Å². The first-order valence-corrected chi connectivity index (χ1v) is 7.91. The molecule has 4 nitrogen and oxygen atoms in total. The number of nitrogens with zero attached hydrogens (tertiary/aromatic N) is 1. The van der Waals surface area contributed by atoms with Gasteiger partial charge >= 0.3 is 0 Å². The van der Waals surface area contributed by atoms with Gasteiger partial charge in [0.2, 0.25) is 0 Å². The third kappa shape index (κ3) is 2.24. The highest BCUT2D eigenvalue weighted by Crippen LogP contribution is 2.59. The van der Waals surface area contributed by atoms with Crippen molar-refractivity contribution in [1.82, 2.24) is 10.6 Å². The third-order valence-electron chi connectivity index (χ3n) is 5.76. The first-order valence-electron chi connectivity index (χ1n) is 7.91. The van der Waals surface area contributed by atoms with Crippen LogP contribution in [0.4, 0.5) is 0 Å². The van der Waals surface area contributed by atoms with Gasteiger partial charge in [-0.3, -0.25) is 4.99 Å². The van der Waals surface area contributed by atoms with Gasteiger partial charge < -0.3 is 15.7 Å². The summed E-state index contributed by atoms with van der Waals surface area (Å²) >= 11 is 0. The lowest BCUT2D eigenvalue weighted by atomic mass is 9.49. The van der Waals surface area contributed by atoms with Crippen LogP contribution in [0.15, 0.2) is 4.99 Å². The van der Waals surface area contributed by atoms with Crippen LogP contribution in [0.2, 0.25) is 0 Å². The van der Waals surface area contributed by atoms with Gasteiger partial charge in [0.15, 0.2) is 5.96 Å². The molecule has 1 heterocycles. The molecular formula is C15H25N3O. The smallest absolute Gasteiger partial charge is 0.191 e. The van der Waals surface area contributed by atoms with E-state index >= 15 is 0 Å². The maximum atomic E-state index is 9.43. The molecule has 4 heteroatoms. The molecule has 19 heavy (non-hydrogen) atoms. The van der Waals surface area contributed by atoms with Gasteiger partial charge in [-0.2, -0.15) is 0 Å². The van der Waals surface area contributed by atoms with Crippen molar-refractivity contribution in [3.8, 4) is 0 Å². The van der Waals surface area contributed by atoms with Gasteiger partial charge in [0.1, 0.15) is 0 Å². The molecule has 4 saturated carbocycles. The van der Waals surface area contributed by atoms with E-state index in [-0.39, 0.29) is 6.10 Å². The second-order valence-electron chi connectivity index (χ2n) is 7.50. The van der Waals surface area contributed by atoms with E-state index in [1.54, 1.807) is 0 Å². The van der Waals surface area contributed by atoms with Crippen LogP contribution in [0.5, 0.6) is 0 Å². The largest absolute Gasteiger partial charge is 0.389 e. The molecular weight excluding hydrogens is 238 g/mol. The number of hydrogen-bond acceptors (Lipinski definition) is 4. The maximum absolute atomic E-state index is 9.43. The third-order valence-corrected chi connectivity index (χ3v) is 5.76. The van der Waals surface area contributed by atoms with Gasteiger partial charge in [-0.15, -0.1) is 0 Å². The quantitative estimate of drug-likeness (QED) is 0.699. The Morgan fingerprint density at radius 2 is 1.79 bits per heavy atom. The van der Waals surface area contributed by atoms with Crippen molar-refractivity contribution in [2.45, 2.75) is 44.6 Å². The van der Waals surface area contributed by atoms with Crippen LogP contribution in [0, 0.1) is 23.2 Å². The SMILES string of the molecule is OC1CN=C(NCC23CC4CC(CC(C4)C2)C3)NC1. The number of guanidine groups is 1. The Labute approximate surface area is 115 Å². The molecule has 0 radical (unpaired) electrons. The van der Waals surface area contributed by atoms with Crippen LogP contribution in [0.1, 0.15) is 38.5 Å². The number of rotatable bonds is 2. The Kier molecular flexibility index (Phi) is 2.76. The molecule has 106 valence electrons. The molecule has 0 aromatic rings. The van der Waals surface area contributed by atoms with Crippen LogP contribution in [0.3, 0.4) is 0 Å². The van der Waals surface area contributed by atoms with Crippen molar-refractivity contribution in [2.24, 2.45) is 28.2 Å². The predicted octanol–water partition coefficient (Wildman–Crippen LogP) is 1.11. The lowest BCUT2D eigenvalue weighted by Crippen LogP contribution is -2.54. The standard InChI is InChI=1S/C15H25N3O/c19-13-7-16-14(17-8-13)18-9-15-4-10-1-11(5-15)3-12(2-10)6-15/h10-13,19H,1-9H2,(H2,16,17,18). The van der Waals surface area contributed by atoms with Gasteiger partial charge in [-0.05, 0) is 61.7 Å². The van der Waals surface area contributed by atoms with E-state index in [1.165, 1.54) is 38.5 Å². The molecule has 1 aliphatic heterocycles. The fourth-order valence-corrected chi connectivity index (χ4v) is 5.43. The lowest BCUT2D eigenvalue weighted by Gasteiger charge is -2.57. The van der Waals surface area contributed by atoms with E-state index in [0.717, 1.165) is 30.3 Å². The highest BCUT2D eigenvalue weighted by Gasteiger charge is 2.50. The zero-order chi connectivity index (χ0) is 12.9. The minimum absolute atomic E-state index is 0.315. The average molecular weight is 263 g/mol. The zero-order valence-corrected chi connectivity index (χ0v) is 11.6. The van der Waals surface area contributed by atoms with Crippen LogP contribution in [0.25, 0.3) is 0 Å². The molecule has 3 N–H and O–H groups in total. The summed E-state index contributed by atoms with van der Waals surface area (Å²) in [6.45, 7) is 2.25. The van der Waals surface area contributed by atoms with E-state index in [0.29, 0.717) is 18.5 Å². The van der Waals surface area contributed by atoms with Crippen molar-refractivity contribution >= 4 is 5.96 Å². The minimum Gasteiger partial charge on any atom is -0.389 e. The summed E-state index contributed by atoms with van der Waals surface area (Å²) in [7, 11) is 0. The Bertz CT molecular complexity index is 358. The Hall–Kier alpha value is -0.770. The number of β-amino-alcohol motifs (C(OH)–C–C–N with tert-alkyl or cyclic N) is 1. The normalized spacial score (nSPS) is 47.7. The molecule has 0 aromatic heterocycles. The number of aliphatic hydroxyl groups is 1. The topological polar surface area (TPSA) is 56.7 Å². The van der Waals surface area contributed by atoms with Crippen LogP contribution in [-0.2, 0) is 0 Å². The van der Waals surface area contributed by atoms with E-state index < -0.39 is 0 Å². The molecule has 5 rings (SSSR count). The van der Waals surface area contributed by atoms with Gasteiger partial charge in [0.05, 0.1) is 12.6 Å². The molecule has 1 unspecified atom stereocenters. The minimum atomic E-state index is -0.315. The van der Waals surface area contributed by atoms with Crippen molar-refractivity contribution in [2.75, 3.05) is 19.6 Å². The molecule has 0 spiro atoms. The Morgan fingerprint density at radius 1 is 1.16 bits per heavy atom. The Balaban J connectivity index is 1.40. The second-order valence-corrected chi connectivity index (χ2v) is 7.50. The number of nitrogens with one attached hydrogen (secondary N) is 2. The van der Waals surface area contributed by atoms with Gasteiger partial charge in [0.25, 0.3) is 0 Å². The van der Waals surface area contributed by atoms with Crippen LogP contribution >= 0.6 is 0 Å². The summed E-state index contributed by atoms with van der Waals surface area (Å²) in [5.41, 5.74) is 0.551. The van der Waals surface area contributed by atoms with E-state index in [1.807, 2.05) is 0 Å². The summed E-state index contributed by atoms with van der Waals surface area (Å²) in [5.74, 6) is 3.93. The predicted molar refractivity (Wildman–Crippen MR) is 74.9 cm³/mol. The van der Waals surface area contributed by atoms with Gasteiger partial charge in [-0.1, -0.05) is 0 Å². The lowest BCUT2D eigenvalue weighted by molar-refractivity contribution is -0.0492. The highest BCUT2D eigenvalue weighted by atomic mass is 16.3. The van der Waals surface area contributed by atoms with Crippen molar-refractivity contribution in [3.63, 3.8) is 0 Å². The maximum Gasteiger partial charge on any atom is 0.191 e. The van der Waals surface area contributed by atoms with Crippen LogP contribution in [-0.4, -0.2) is 36.8 Å². The summed E-state index contributed by atoms with van der Waals surface area (Å²) in [6.07, 6.45) is 8.50. The average Bonchev–Trinajstić information content (AvgIpc) is 2.36. The molecule has 0 amide bonds. The highest BCUT2D eigenvalue weighted by molar-refractivity contribution is 5.80. The molecule has 1 atom stereocenters. The molecule has 4 aliphatic carbocycles. The van der Waals surface area contributed by atoms with Gasteiger partial charge in [-0.25, -0.2) is 0 Å². The zero-order valence-electron chi connectivity index (χ0n) is 11.6. The molecule has 4 fully saturated rings. The monoisotopic (exact) mass is 263 g/mol. The first-order chi connectivity index (χ1) is 9.21. The number of aliphatic imine (C=N–C) groups is 1.